The SMILES string of the molecule is C1=C(c2ccccc2)[C](c2ccccc2)c2ccccc21. The summed E-state index contributed by atoms with van der Waals surface area (Å²) in [5, 5.41) is 0. The van der Waals surface area contributed by atoms with Crippen molar-refractivity contribution in [3.63, 3.8) is 0 Å². The van der Waals surface area contributed by atoms with E-state index in [4.69, 9.17) is 0 Å². The van der Waals surface area contributed by atoms with Gasteiger partial charge in [0, 0.05) is 0 Å². The van der Waals surface area contributed by atoms with Gasteiger partial charge in [-0.25, -0.2) is 0 Å². The summed E-state index contributed by atoms with van der Waals surface area (Å²) in [5.74, 6) is 1.33. The van der Waals surface area contributed by atoms with Crippen molar-refractivity contribution in [2.45, 2.75) is 0 Å². The average Bonchev–Trinajstić information content (AvgIpc) is 2.96. The van der Waals surface area contributed by atoms with Crippen molar-refractivity contribution in [3.8, 4) is 0 Å². The summed E-state index contributed by atoms with van der Waals surface area (Å²) in [6.07, 6.45) is 2.30. The van der Waals surface area contributed by atoms with E-state index in [1.54, 1.807) is 0 Å². The van der Waals surface area contributed by atoms with Gasteiger partial charge in [0.25, 0.3) is 0 Å². The Morgan fingerprint density at radius 1 is 0.476 bits per heavy atom. The van der Waals surface area contributed by atoms with E-state index in [2.05, 4.69) is 91.0 Å². The van der Waals surface area contributed by atoms with Gasteiger partial charge >= 0.3 is 0 Å². The molecule has 0 saturated heterocycles. The molecule has 0 nitrogen and oxygen atoms in total. The standard InChI is InChI=1S/C21H15/c1-3-9-16(10-4-1)20-15-18-13-7-8-14-19(18)21(20)17-11-5-2-6-12-17/h1-15H. The Bertz CT molecular complexity index is 783. The predicted molar refractivity (Wildman–Crippen MR) is 88.6 cm³/mol. The zero-order chi connectivity index (χ0) is 14.1. The number of hydrogen-bond acceptors (Lipinski definition) is 0. The van der Waals surface area contributed by atoms with E-state index in [1.807, 2.05) is 0 Å². The molecule has 0 amide bonds. The third-order valence-corrected chi connectivity index (χ3v) is 3.95. The molecule has 4 rings (SSSR count). The van der Waals surface area contributed by atoms with Crippen molar-refractivity contribution in [2.75, 3.05) is 0 Å². The van der Waals surface area contributed by atoms with Crippen molar-refractivity contribution in [1.82, 2.24) is 0 Å². The Hall–Kier alpha value is -2.60. The van der Waals surface area contributed by atoms with E-state index in [-0.39, 0.29) is 0 Å². The second-order valence-electron chi connectivity index (χ2n) is 5.25. The topological polar surface area (TPSA) is 0 Å². The van der Waals surface area contributed by atoms with Gasteiger partial charge in [0.15, 0.2) is 0 Å². The molecule has 0 atom stereocenters. The normalized spacial score (nSPS) is 13.8. The Morgan fingerprint density at radius 2 is 1.05 bits per heavy atom. The van der Waals surface area contributed by atoms with Crippen molar-refractivity contribution >= 4 is 11.6 Å². The van der Waals surface area contributed by atoms with Crippen LogP contribution < -0.4 is 0 Å². The minimum absolute atomic E-state index is 1.27. The molecule has 0 unspecified atom stereocenters. The molecule has 0 saturated carbocycles. The maximum Gasteiger partial charge on any atom is 0.0641 e. The van der Waals surface area contributed by atoms with Crippen LogP contribution in [0, 0.1) is 5.92 Å². The highest BCUT2D eigenvalue weighted by atomic mass is 14.3. The molecule has 1 aliphatic rings. The van der Waals surface area contributed by atoms with Gasteiger partial charge in [0.2, 0.25) is 0 Å². The van der Waals surface area contributed by atoms with E-state index in [0.29, 0.717) is 0 Å². The highest BCUT2D eigenvalue weighted by Gasteiger charge is 2.27. The summed E-state index contributed by atoms with van der Waals surface area (Å²) in [6.45, 7) is 0. The highest BCUT2D eigenvalue weighted by molar-refractivity contribution is 6.01. The fraction of sp³-hybridized carbons (Fsp3) is 0. The smallest absolute Gasteiger partial charge is 0.0622 e. The van der Waals surface area contributed by atoms with Gasteiger partial charge in [-0.2, -0.15) is 0 Å². The summed E-state index contributed by atoms with van der Waals surface area (Å²) in [7, 11) is 0. The fourth-order valence-electron chi connectivity index (χ4n) is 2.98. The maximum absolute atomic E-state index is 2.30. The van der Waals surface area contributed by atoms with Crippen LogP contribution in [-0.4, -0.2) is 0 Å². The molecule has 1 radical (unpaired) electrons. The molecule has 0 N–H and O–H groups in total. The van der Waals surface area contributed by atoms with Gasteiger partial charge in [-0.1, -0.05) is 84.9 Å². The first-order valence-electron chi connectivity index (χ1n) is 7.23. The molecule has 21 heavy (non-hydrogen) atoms. The lowest BCUT2D eigenvalue weighted by Gasteiger charge is -2.17. The van der Waals surface area contributed by atoms with Gasteiger partial charge in [-0.15, -0.1) is 0 Å². The van der Waals surface area contributed by atoms with Gasteiger partial charge in [0.1, 0.15) is 0 Å². The first kappa shape index (κ1) is 12.2. The summed E-state index contributed by atoms with van der Waals surface area (Å²) < 4.78 is 0. The van der Waals surface area contributed by atoms with Crippen LogP contribution in [0.1, 0.15) is 22.3 Å². The van der Waals surface area contributed by atoms with Crippen molar-refractivity contribution in [3.05, 3.63) is 113 Å². The maximum atomic E-state index is 2.30. The molecule has 0 aliphatic heterocycles. The van der Waals surface area contributed by atoms with Crippen LogP contribution in [0.2, 0.25) is 0 Å². The molecule has 0 heteroatoms. The molecule has 99 valence electrons. The summed E-state index contributed by atoms with van der Waals surface area (Å²) in [6, 6.07) is 29.9. The molecule has 0 spiro atoms. The second kappa shape index (κ2) is 5.06. The Kier molecular flexibility index (Phi) is 2.93. The minimum atomic E-state index is 1.27. The lowest BCUT2D eigenvalue weighted by atomic mass is 9.85. The van der Waals surface area contributed by atoms with Crippen LogP contribution in [0.15, 0.2) is 84.9 Å². The van der Waals surface area contributed by atoms with Crippen LogP contribution in [0.4, 0.5) is 0 Å². The van der Waals surface area contributed by atoms with Crippen LogP contribution >= 0.6 is 0 Å². The molecule has 0 fully saturated rings. The zero-order valence-electron chi connectivity index (χ0n) is 11.7. The van der Waals surface area contributed by atoms with E-state index >= 15 is 0 Å². The summed E-state index contributed by atoms with van der Waals surface area (Å²) in [4.78, 5) is 0. The minimum Gasteiger partial charge on any atom is -0.0622 e. The summed E-state index contributed by atoms with van der Waals surface area (Å²) >= 11 is 0. The van der Waals surface area contributed by atoms with Gasteiger partial charge in [-0.05, 0) is 33.9 Å². The highest BCUT2D eigenvalue weighted by Crippen LogP contribution is 2.44. The first-order chi connectivity index (χ1) is 10.4. The molecular formula is C21H15. The van der Waals surface area contributed by atoms with Crippen LogP contribution in [-0.2, 0) is 0 Å². The van der Waals surface area contributed by atoms with E-state index in [9.17, 15) is 0 Å². The quantitative estimate of drug-likeness (QED) is 0.597. The number of benzene rings is 3. The summed E-state index contributed by atoms with van der Waals surface area (Å²) in [5.41, 5.74) is 6.48. The van der Waals surface area contributed by atoms with Crippen molar-refractivity contribution in [1.29, 1.82) is 0 Å². The van der Waals surface area contributed by atoms with Crippen LogP contribution in [0.25, 0.3) is 11.6 Å². The third-order valence-electron chi connectivity index (χ3n) is 3.95. The Labute approximate surface area is 125 Å². The number of hydrogen-bond donors (Lipinski definition) is 0. The van der Waals surface area contributed by atoms with Gasteiger partial charge in [0.05, 0.1) is 5.92 Å². The zero-order valence-corrected chi connectivity index (χ0v) is 11.7. The second-order valence-corrected chi connectivity index (χ2v) is 5.25. The van der Waals surface area contributed by atoms with Crippen LogP contribution in [0.5, 0.6) is 0 Å². The molecule has 3 aromatic rings. The van der Waals surface area contributed by atoms with E-state index in [0.717, 1.165) is 0 Å². The van der Waals surface area contributed by atoms with Gasteiger partial charge in [-0.3, -0.25) is 0 Å². The van der Waals surface area contributed by atoms with Crippen molar-refractivity contribution in [2.24, 2.45) is 0 Å². The molecule has 1 aliphatic carbocycles. The Balaban J connectivity index is 1.90. The predicted octanol–water partition coefficient (Wildman–Crippen LogP) is 5.21. The first-order valence-corrected chi connectivity index (χ1v) is 7.23. The molecule has 0 heterocycles. The molecule has 0 bridgehead atoms. The van der Waals surface area contributed by atoms with Crippen LogP contribution in [0.3, 0.4) is 0 Å². The largest absolute Gasteiger partial charge is 0.0641 e. The number of rotatable bonds is 2. The third kappa shape index (κ3) is 2.09. The molecule has 3 aromatic carbocycles. The average molecular weight is 267 g/mol. The molecular weight excluding hydrogens is 252 g/mol. The van der Waals surface area contributed by atoms with Crippen molar-refractivity contribution < 1.29 is 0 Å². The molecule has 0 aromatic heterocycles. The Morgan fingerprint density at radius 3 is 1.76 bits per heavy atom. The number of fused-ring (bicyclic) bond motifs is 1. The van der Waals surface area contributed by atoms with Gasteiger partial charge < -0.3 is 0 Å². The van der Waals surface area contributed by atoms with E-state index < -0.39 is 0 Å². The monoisotopic (exact) mass is 267 g/mol. The lowest BCUT2D eigenvalue weighted by Crippen LogP contribution is -2.01. The van der Waals surface area contributed by atoms with E-state index in [1.165, 1.54) is 33.7 Å². The lowest BCUT2D eigenvalue weighted by molar-refractivity contribution is 1.32. The fourth-order valence-corrected chi connectivity index (χ4v) is 2.98. The number of allylic oxidation sites excluding steroid dienone is 1.